The number of hydrogen-bond acceptors (Lipinski definition) is 0. The minimum atomic E-state index is 0.361. The largest absolute Gasteiger partial charge is 0.230 e. The van der Waals surface area contributed by atoms with Crippen LogP contribution in [0.4, 0.5) is 0 Å². The third kappa shape index (κ3) is 9.82. The smallest absolute Gasteiger partial charge is 0.152 e. The first-order valence-corrected chi connectivity index (χ1v) is 10.3. The van der Waals surface area contributed by atoms with Crippen LogP contribution in [0.5, 0.6) is 0 Å². The van der Waals surface area contributed by atoms with Crippen molar-refractivity contribution in [3.8, 4) is 0 Å². The zero-order chi connectivity index (χ0) is 16.0. The molecule has 0 nitrogen and oxygen atoms in total. The first-order valence-electron chi connectivity index (χ1n) is 7.75. The highest BCUT2D eigenvalue weighted by Gasteiger charge is 2.29. The van der Waals surface area contributed by atoms with E-state index in [-0.39, 0.29) is 0 Å². The van der Waals surface area contributed by atoms with Gasteiger partial charge in [-0.3, -0.25) is 0 Å². The van der Waals surface area contributed by atoms with Crippen molar-refractivity contribution in [1.29, 1.82) is 0 Å². The predicted octanol–water partition coefficient (Wildman–Crippen LogP) is 6.85. The predicted molar refractivity (Wildman–Crippen MR) is 108 cm³/mol. The normalized spacial score (nSPS) is 14.0. The summed E-state index contributed by atoms with van der Waals surface area (Å²) in [6.45, 7) is 21.0. The van der Waals surface area contributed by atoms with E-state index in [1.165, 1.54) is 24.6 Å². The van der Waals surface area contributed by atoms with E-state index in [0.29, 0.717) is 16.2 Å². The second-order valence-corrected chi connectivity index (χ2v) is 11.5. The van der Waals surface area contributed by atoms with E-state index in [4.69, 9.17) is 0 Å². The van der Waals surface area contributed by atoms with Gasteiger partial charge in [-0.05, 0) is 41.7 Å². The monoisotopic (exact) mass is 407 g/mol. The Balaban J connectivity index is 4.47. The van der Waals surface area contributed by atoms with Gasteiger partial charge in [0.2, 0.25) is 4.86 Å². The van der Waals surface area contributed by atoms with Gasteiger partial charge >= 0.3 is 0 Å². The third-order valence-electron chi connectivity index (χ3n) is 4.03. The highest BCUT2D eigenvalue weighted by molar-refractivity contribution is 14.1. The second kappa shape index (κ2) is 8.56. The van der Waals surface area contributed by atoms with Gasteiger partial charge in [0.05, 0.1) is 0 Å². The van der Waals surface area contributed by atoms with Gasteiger partial charge in [0.15, 0.2) is 0 Å². The molecule has 0 aromatic heterocycles. The summed E-state index contributed by atoms with van der Waals surface area (Å²) in [4.78, 5) is 2.29. The summed E-state index contributed by atoms with van der Waals surface area (Å²) in [6, 6.07) is 0. The Hall–Kier alpha value is 0.965. The van der Waals surface area contributed by atoms with Crippen molar-refractivity contribution < 1.29 is 0 Å². The lowest BCUT2D eigenvalue weighted by molar-refractivity contribution is 0.209. The van der Waals surface area contributed by atoms with Crippen LogP contribution in [0.15, 0.2) is 12.2 Å². The van der Waals surface area contributed by atoms with Gasteiger partial charge in [0.25, 0.3) is 0 Å². The van der Waals surface area contributed by atoms with Crippen LogP contribution in [0, 0.1) is 16.2 Å². The van der Waals surface area contributed by atoms with Gasteiger partial charge < -0.3 is 0 Å². The molecule has 0 aromatic carbocycles. The minimum absolute atomic E-state index is 0.361. The van der Waals surface area contributed by atoms with Crippen LogP contribution in [0.25, 0.3) is 0 Å². The first-order chi connectivity index (χ1) is 8.93. The van der Waals surface area contributed by atoms with E-state index < -0.39 is 0 Å². The molecule has 0 saturated heterocycles. The van der Waals surface area contributed by atoms with E-state index >= 15 is 0 Å². The number of halogens is 1. The molecule has 3 heteroatoms. The summed E-state index contributed by atoms with van der Waals surface area (Å²) in [5.41, 5.74) is 2.63. The fourth-order valence-electron chi connectivity index (χ4n) is 3.28. The van der Waals surface area contributed by atoms with Crippen molar-refractivity contribution in [1.82, 2.24) is 0 Å². The molecule has 0 fully saturated rings. The molecule has 1 unspecified atom stereocenters. The molecule has 0 aromatic rings. The minimum Gasteiger partial charge on any atom is -0.152 e. The fourth-order valence-corrected chi connectivity index (χ4v) is 4.69. The maximum atomic E-state index is 4.36. The Morgan fingerprint density at radius 1 is 1.00 bits per heavy atom. The summed E-state index contributed by atoms with van der Waals surface area (Å²) >= 11 is 2.38. The van der Waals surface area contributed by atoms with Crippen molar-refractivity contribution in [3.63, 3.8) is 0 Å². The third-order valence-corrected chi connectivity index (χ3v) is 6.67. The second-order valence-electron chi connectivity index (χ2n) is 8.62. The van der Waals surface area contributed by atoms with E-state index in [2.05, 4.69) is 82.3 Å². The van der Waals surface area contributed by atoms with Crippen molar-refractivity contribution in [2.45, 2.75) is 74.1 Å². The molecule has 1 atom stereocenters. The highest BCUT2D eigenvalue weighted by atomic mass is 127. The van der Waals surface area contributed by atoms with E-state index in [1.807, 2.05) is 0 Å². The summed E-state index contributed by atoms with van der Waals surface area (Å²) in [5.74, 6) is 0. The molecular formula is C17H34BIP. The van der Waals surface area contributed by atoms with E-state index in [9.17, 15) is 0 Å². The lowest BCUT2D eigenvalue weighted by Gasteiger charge is -2.36. The van der Waals surface area contributed by atoms with Crippen molar-refractivity contribution in [2.24, 2.45) is 16.2 Å². The quantitative estimate of drug-likeness (QED) is 0.161. The van der Waals surface area contributed by atoms with Crippen LogP contribution in [-0.2, 0) is 0 Å². The molecule has 0 amide bonds. The molecular weight excluding hydrogens is 373 g/mol. The van der Waals surface area contributed by atoms with E-state index in [0.717, 1.165) is 21.3 Å². The average Bonchev–Trinajstić information content (AvgIpc) is 2.23. The van der Waals surface area contributed by atoms with Crippen molar-refractivity contribution in [3.05, 3.63) is 12.2 Å². The van der Waals surface area contributed by atoms with Crippen molar-refractivity contribution >= 4 is 35.7 Å². The number of hydrogen-bond donors (Lipinski definition) is 0. The van der Waals surface area contributed by atoms with Gasteiger partial charge in [0.1, 0.15) is 0 Å². The molecule has 0 aliphatic carbocycles. The maximum Gasteiger partial charge on any atom is 0.230 e. The molecule has 0 spiro atoms. The summed E-state index contributed by atoms with van der Waals surface area (Å²) < 4.78 is 0. The maximum absolute atomic E-state index is 4.36. The molecule has 0 N–H and O–H groups in total. The average molecular weight is 407 g/mol. The summed E-state index contributed by atoms with van der Waals surface area (Å²) in [5, 5.41) is 0. The Bertz CT molecular complexity index is 308. The Morgan fingerprint density at radius 2 is 1.50 bits per heavy atom. The number of allylic oxidation sites excluding steroid dienone is 1. The van der Waals surface area contributed by atoms with Crippen LogP contribution in [0.1, 0.15) is 74.1 Å². The van der Waals surface area contributed by atoms with Crippen LogP contribution in [0.2, 0.25) is 0 Å². The van der Waals surface area contributed by atoms with Crippen LogP contribution >= 0.6 is 30.8 Å². The van der Waals surface area contributed by atoms with Crippen molar-refractivity contribution in [2.75, 3.05) is 6.16 Å². The van der Waals surface area contributed by atoms with Gasteiger partial charge in [-0.2, -0.15) is 22.4 Å². The fraction of sp³-hybridized carbons (Fsp3) is 0.882. The molecule has 0 bridgehead atoms. The molecule has 1 radical (unpaired) electrons. The Morgan fingerprint density at radius 3 is 1.95 bits per heavy atom. The Kier molecular flexibility index (Phi) is 8.97. The molecule has 0 saturated carbocycles. The molecule has 117 valence electrons. The van der Waals surface area contributed by atoms with Gasteiger partial charge in [-0.25, -0.2) is 0 Å². The lowest BCUT2D eigenvalue weighted by Crippen LogP contribution is -2.26. The summed E-state index contributed by atoms with van der Waals surface area (Å²) in [7, 11) is 0.978. The van der Waals surface area contributed by atoms with Gasteiger partial charge in [-0.1, -0.05) is 67.0 Å². The molecule has 0 heterocycles. The first kappa shape index (κ1) is 21.0. The molecule has 0 aliphatic heterocycles. The van der Waals surface area contributed by atoms with Crippen LogP contribution < -0.4 is 0 Å². The lowest BCUT2D eigenvalue weighted by atomic mass is 9.71. The zero-order valence-corrected chi connectivity index (χ0v) is 17.9. The topological polar surface area (TPSA) is 0 Å². The van der Waals surface area contributed by atoms with E-state index in [1.54, 1.807) is 0 Å². The molecule has 0 rings (SSSR count). The zero-order valence-electron chi connectivity index (χ0n) is 14.7. The standard InChI is InChI=1S/C17H34BIP/c1-9-15(3,4)10-14(2)11-16(5,6)12-17(7,8)13-20-18-19/h20H,2,9-13H2,1,3-8H3. The summed E-state index contributed by atoms with van der Waals surface area (Å²) in [6.07, 6.45) is 6.15. The SMILES string of the molecule is C=C(CC(C)(C)CC)CC(C)(C)CC(C)(C)CP[B]I. The Labute approximate surface area is 144 Å². The van der Waals surface area contributed by atoms with Crippen LogP contribution in [0.3, 0.4) is 0 Å². The van der Waals surface area contributed by atoms with Crippen LogP contribution in [-0.4, -0.2) is 11.0 Å². The highest BCUT2D eigenvalue weighted by Crippen LogP contribution is 2.42. The van der Waals surface area contributed by atoms with Gasteiger partial charge in [0, 0.05) is 0 Å². The molecule has 20 heavy (non-hydrogen) atoms. The van der Waals surface area contributed by atoms with Gasteiger partial charge in [-0.15, -0.1) is 8.46 Å². The molecule has 0 aliphatic rings. The number of rotatable bonds is 10.